The molecule has 5 rings (SSSR count). The second-order valence-corrected chi connectivity index (χ2v) is 7.80. The summed E-state index contributed by atoms with van der Waals surface area (Å²) in [6.45, 7) is 2.01. The van der Waals surface area contributed by atoms with Crippen molar-refractivity contribution in [2.75, 3.05) is 28.4 Å². The summed E-state index contributed by atoms with van der Waals surface area (Å²) in [4.78, 5) is 2.36. The topological polar surface area (TPSA) is 50.8 Å². The lowest BCUT2D eigenvalue weighted by atomic mass is 9.99. The molecule has 0 bridgehead atoms. The maximum atomic E-state index is 14.4. The third-order valence-corrected chi connectivity index (χ3v) is 5.82. The molecule has 0 radical (unpaired) electrons. The van der Waals surface area contributed by atoms with E-state index in [2.05, 4.69) is 40.1 Å². The molecule has 0 aromatic heterocycles. The summed E-state index contributed by atoms with van der Waals surface area (Å²) in [5.41, 5.74) is 8.99. The van der Waals surface area contributed by atoms with E-state index in [0.717, 1.165) is 37.7 Å². The summed E-state index contributed by atoms with van der Waals surface area (Å²) < 4.78 is 28.0. The number of halogens is 2. The lowest BCUT2D eigenvalue weighted by Crippen LogP contribution is -2.31. The second-order valence-electron chi connectivity index (χ2n) is 7.80. The predicted molar refractivity (Wildman–Crippen MR) is 114 cm³/mol. The molecule has 7 heteroatoms. The normalized spacial score (nSPS) is 17.9. The van der Waals surface area contributed by atoms with Crippen LogP contribution in [-0.2, 0) is 6.42 Å². The highest BCUT2D eigenvalue weighted by atomic mass is 19.1. The van der Waals surface area contributed by atoms with Crippen LogP contribution < -0.4 is 20.9 Å². The summed E-state index contributed by atoms with van der Waals surface area (Å²) in [6, 6.07) is 19.4. The van der Waals surface area contributed by atoms with E-state index in [1.54, 1.807) is 0 Å². The smallest absolute Gasteiger partial charge is 0.195 e. The lowest BCUT2D eigenvalue weighted by Gasteiger charge is -2.22. The Labute approximate surface area is 173 Å². The molecule has 0 amide bonds. The van der Waals surface area contributed by atoms with Gasteiger partial charge in [-0.25, -0.2) is 8.78 Å². The fourth-order valence-electron chi connectivity index (χ4n) is 4.27. The van der Waals surface area contributed by atoms with Gasteiger partial charge in [-0.3, -0.25) is 5.01 Å². The third-order valence-electron chi connectivity index (χ3n) is 5.82. The van der Waals surface area contributed by atoms with E-state index in [9.17, 15) is 13.9 Å². The van der Waals surface area contributed by atoms with Gasteiger partial charge in [-0.15, -0.1) is 5.53 Å². The van der Waals surface area contributed by atoms with E-state index in [1.807, 2.05) is 30.3 Å². The third kappa shape index (κ3) is 3.31. The first-order valence-corrected chi connectivity index (χ1v) is 10.0. The van der Waals surface area contributed by atoms with Gasteiger partial charge in [0, 0.05) is 24.8 Å². The average Bonchev–Trinajstić information content (AvgIpc) is 3.40. The zero-order valence-corrected chi connectivity index (χ0v) is 16.3. The standard InChI is InChI=1S/C23H22F2N4O/c24-19-13-20-22(21(25)23(19)30)29(27-26-20)18-8-6-17(7-9-18)28-11-10-16(14-28)12-15-4-2-1-3-5-15/h1-9,13,16,26-27,30H,10-12,14H2/t16-/m1/s1. The number of rotatable bonds is 4. The van der Waals surface area contributed by atoms with Crippen LogP contribution in [0.5, 0.6) is 5.75 Å². The molecular formula is C23H22F2N4O. The van der Waals surface area contributed by atoms with Crippen LogP contribution >= 0.6 is 0 Å². The molecule has 154 valence electrons. The number of hydrogen-bond acceptors (Lipinski definition) is 5. The number of benzene rings is 3. The molecular weight excluding hydrogens is 386 g/mol. The van der Waals surface area contributed by atoms with Gasteiger partial charge in [-0.1, -0.05) is 30.3 Å². The zero-order chi connectivity index (χ0) is 20.7. The molecule has 0 aliphatic carbocycles. The minimum atomic E-state index is -1.00. The fraction of sp³-hybridized carbons (Fsp3) is 0.217. The number of nitrogens with zero attached hydrogens (tertiary/aromatic N) is 2. The molecule has 2 aliphatic rings. The Morgan fingerprint density at radius 2 is 1.73 bits per heavy atom. The van der Waals surface area contributed by atoms with E-state index in [1.165, 1.54) is 10.6 Å². The average molecular weight is 408 g/mol. The van der Waals surface area contributed by atoms with E-state index < -0.39 is 17.4 Å². The van der Waals surface area contributed by atoms with Crippen molar-refractivity contribution in [3.05, 3.63) is 77.9 Å². The molecule has 0 saturated carbocycles. The number of aromatic hydroxyl groups is 1. The van der Waals surface area contributed by atoms with Crippen LogP contribution in [-0.4, -0.2) is 18.2 Å². The van der Waals surface area contributed by atoms with Crippen LogP contribution in [0.1, 0.15) is 12.0 Å². The molecule has 3 aromatic rings. The van der Waals surface area contributed by atoms with Gasteiger partial charge in [0.25, 0.3) is 0 Å². The van der Waals surface area contributed by atoms with E-state index in [-0.39, 0.29) is 11.4 Å². The number of nitrogens with one attached hydrogen (secondary N) is 2. The number of hydrazine groups is 2. The van der Waals surface area contributed by atoms with Gasteiger partial charge < -0.3 is 15.4 Å². The molecule has 0 spiro atoms. The zero-order valence-electron chi connectivity index (χ0n) is 16.3. The van der Waals surface area contributed by atoms with Crippen LogP contribution in [0, 0.1) is 17.6 Å². The van der Waals surface area contributed by atoms with Gasteiger partial charge >= 0.3 is 0 Å². The number of phenolic OH excluding ortho intramolecular Hbond substituents is 1. The van der Waals surface area contributed by atoms with Crippen molar-refractivity contribution in [1.29, 1.82) is 0 Å². The maximum absolute atomic E-state index is 14.4. The predicted octanol–water partition coefficient (Wildman–Crippen LogP) is 4.72. The van der Waals surface area contributed by atoms with Gasteiger partial charge in [0.1, 0.15) is 5.69 Å². The first kappa shape index (κ1) is 18.7. The van der Waals surface area contributed by atoms with Crippen molar-refractivity contribution in [3.8, 4) is 5.75 Å². The van der Waals surface area contributed by atoms with Crippen molar-refractivity contribution in [1.82, 2.24) is 5.53 Å². The van der Waals surface area contributed by atoms with Gasteiger partial charge in [0.15, 0.2) is 17.4 Å². The number of phenols is 1. The lowest BCUT2D eigenvalue weighted by molar-refractivity contribution is 0.397. The fourth-order valence-corrected chi connectivity index (χ4v) is 4.27. The van der Waals surface area contributed by atoms with Crippen LogP contribution in [0.4, 0.5) is 31.5 Å². The van der Waals surface area contributed by atoms with E-state index >= 15 is 0 Å². The first-order valence-electron chi connectivity index (χ1n) is 10.0. The largest absolute Gasteiger partial charge is 0.503 e. The van der Waals surface area contributed by atoms with Crippen LogP contribution in [0.25, 0.3) is 0 Å². The Morgan fingerprint density at radius 3 is 2.50 bits per heavy atom. The van der Waals surface area contributed by atoms with Crippen molar-refractivity contribution in [3.63, 3.8) is 0 Å². The molecule has 1 fully saturated rings. The number of hydrogen-bond donors (Lipinski definition) is 3. The minimum absolute atomic E-state index is 0.0609. The monoisotopic (exact) mass is 408 g/mol. The van der Waals surface area contributed by atoms with E-state index in [4.69, 9.17) is 0 Å². The molecule has 1 saturated heterocycles. The Bertz CT molecular complexity index is 1060. The molecule has 2 heterocycles. The SMILES string of the molecule is Oc1c(F)cc2c(c1F)N(c1ccc(N3CC[C@H](Cc4ccccc4)C3)cc1)NN2. The molecule has 0 unspecified atom stereocenters. The quantitative estimate of drug-likeness (QED) is 0.546. The Balaban J connectivity index is 1.30. The highest BCUT2D eigenvalue weighted by molar-refractivity contribution is 5.81. The highest BCUT2D eigenvalue weighted by Crippen LogP contribution is 2.42. The molecule has 1 atom stereocenters. The summed E-state index contributed by atoms with van der Waals surface area (Å²) >= 11 is 0. The summed E-state index contributed by atoms with van der Waals surface area (Å²) in [7, 11) is 0. The molecule has 2 aliphatic heterocycles. The second kappa shape index (κ2) is 7.50. The van der Waals surface area contributed by atoms with Crippen LogP contribution in [0.3, 0.4) is 0 Å². The van der Waals surface area contributed by atoms with Gasteiger partial charge in [-0.2, -0.15) is 0 Å². The Hall–Kier alpha value is -3.32. The Morgan fingerprint density at radius 1 is 1.00 bits per heavy atom. The van der Waals surface area contributed by atoms with Crippen LogP contribution in [0.15, 0.2) is 60.7 Å². The van der Waals surface area contributed by atoms with Gasteiger partial charge in [-0.05, 0) is 48.6 Å². The van der Waals surface area contributed by atoms with Crippen molar-refractivity contribution in [2.45, 2.75) is 12.8 Å². The molecule has 3 N–H and O–H groups in total. The molecule has 5 nitrogen and oxygen atoms in total. The molecule has 30 heavy (non-hydrogen) atoms. The van der Waals surface area contributed by atoms with E-state index in [0.29, 0.717) is 11.6 Å². The summed E-state index contributed by atoms with van der Waals surface area (Å²) in [5, 5.41) is 11.1. The molecule has 3 aromatic carbocycles. The Kier molecular flexibility index (Phi) is 4.67. The van der Waals surface area contributed by atoms with Gasteiger partial charge in [0.05, 0.1) is 11.4 Å². The van der Waals surface area contributed by atoms with Crippen molar-refractivity contribution >= 4 is 22.7 Å². The minimum Gasteiger partial charge on any atom is -0.503 e. The highest BCUT2D eigenvalue weighted by Gasteiger charge is 2.29. The number of fused-ring (bicyclic) bond motifs is 1. The van der Waals surface area contributed by atoms with Crippen molar-refractivity contribution in [2.24, 2.45) is 5.92 Å². The van der Waals surface area contributed by atoms with Crippen LogP contribution in [0.2, 0.25) is 0 Å². The first-order chi connectivity index (χ1) is 14.6. The summed E-state index contributed by atoms with van der Waals surface area (Å²) in [5.74, 6) is -2.37. The number of anilines is 4. The maximum Gasteiger partial charge on any atom is 0.195 e. The summed E-state index contributed by atoms with van der Waals surface area (Å²) in [6.07, 6.45) is 2.23. The van der Waals surface area contributed by atoms with Crippen molar-refractivity contribution < 1.29 is 13.9 Å². The van der Waals surface area contributed by atoms with Gasteiger partial charge in [0.2, 0.25) is 0 Å².